The average Bonchev–Trinajstić information content (AvgIpc) is 2.43. The SMILES string of the molecule is CC(C)c1cc(Oc2c(Br)cc(CI)cc2Br)ccc1O. The molecule has 0 aliphatic rings. The predicted octanol–water partition coefficient (Wildman–Crippen LogP) is 6.77. The van der Waals surface area contributed by atoms with E-state index in [4.69, 9.17) is 4.74 Å². The number of halogens is 3. The van der Waals surface area contributed by atoms with E-state index in [0.717, 1.165) is 24.7 Å². The third kappa shape index (κ3) is 4.13. The molecule has 0 spiro atoms. The first-order valence-corrected chi connectivity index (χ1v) is 9.58. The molecule has 0 aliphatic carbocycles. The summed E-state index contributed by atoms with van der Waals surface area (Å²) in [6.45, 7) is 4.08. The zero-order valence-electron chi connectivity index (χ0n) is 11.7. The summed E-state index contributed by atoms with van der Waals surface area (Å²) in [4.78, 5) is 0. The maximum atomic E-state index is 9.87. The van der Waals surface area contributed by atoms with Gasteiger partial charge in [-0.25, -0.2) is 0 Å². The number of phenolic OH excluding ortho intramolecular Hbond substituents is 1. The lowest BCUT2D eigenvalue weighted by atomic mass is 10.0. The van der Waals surface area contributed by atoms with Crippen LogP contribution in [0.15, 0.2) is 39.3 Å². The van der Waals surface area contributed by atoms with Crippen LogP contribution in [0.5, 0.6) is 17.2 Å². The molecule has 0 bridgehead atoms. The van der Waals surface area contributed by atoms with Gasteiger partial charge in [0.2, 0.25) is 0 Å². The molecule has 2 rings (SSSR count). The molecule has 0 saturated carbocycles. The second-order valence-corrected chi connectivity index (χ2v) is 7.47. The van der Waals surface area contributed by atoms with E-state index in [1.807, 2.05) is 19.9 Å². The molecule has 0 heterocycles. The van der Waals surface area contributed by atoms with Crippen LogP contribution in [0.1, 0.15) is 30.9 Å². The van der Waals surface area contributed by atoms with Crippen LogP contribution in [-0.2, 0) is 4.43 Å². The van der Waals surface area contributed by atoms with Crippen molar-refractivity contribution in [2.75, 3.05) is 0 Å². The highest BCUT2D eigenvalue weighted by atomic mass is 127. The molecular formula is C16H15Br2IO2. The van der Waals surface area contributed by atoms with Crippen molar-refractivity contribution >= 4 is 54.5 Å². The minimum atomic E-state index is 0.238. The zero-order valence-corrected chi connectivity index (χ0v) is 17.0. The van der Waals surface area contributed by atoms with Crippen LogP contribution in [0.2, 0.25) is 0 Å². The Kier molecular flexibility index (Phi) is 5.96. The van der Waals surface area contributed by atoms with Crippen LogP contribution in [-0.4, -0.2) is 5.11 Å². The van der Waals surface area contributed by atoms with Crippen LogP contribution in [0.4, 0.5) is 0 Å². The molecule has 0 radical (unpaired) electrons. The second kappa shape index (κ2) is 7.33. The van der Waals surface area contributed by atoms with Gasteiger partial charge in [-0.05, 0) is 73.7 Å². The monoisotopic (exact) mass is 524 g/mol. The van der Waals surface area contributed by atoms with Crippen molar-refractivity contribution in [1.82, 2.24) is 0 Å². The van der Waals surface area contributed by atoms with Gasteiger partial charge in [0.05, 0.1) is 8.95 Å². The Hall–Kier alpha value is -0.270. The minimum absolute atomic E-state index is 0.238. The summed E-state index contributed by atoms with van der Waals surface area (Å²) in [7, 11) is 0. The van der Waals surface area contributed by atoms with Crippen molar-refractivity contribution in [3.05, 3.63) is 50.4 Å². The summed E-state index contributed by atoms with van der Waals surface area (Å²) in [6.07, 6.45) is 0. The molecule has 2 aromatic carbocycles. The Labute approximate surface area is 155 Å². The lowest BCUT2D eigenvalue weighted by Gasteiger charge is -2.14. The number of rotatable bonds is 4. The third-order valence-corrected chi connectivity index (χ3v) is 5.11. The quantitative estimate of drug-likeness (QED) is 0.353. The molecule has 21 heavy (non-hydrogen) atoms. The molecule has 0 amide bonds. The Morgan fingerprint density at radius 1 is 1.14 bits per heavy atom. The lowest BCUT2D eigenvalue weighted by Crippen LogP contribution is -1.93. The maximum absolute atomic E-state index is 9.87. The highest BCUT2D eigenvalue weighted by Gasteiger charge is 2.12. The number of phenols is 1. The first-order valence-electron chi connectivity index (χ1n) is 6.47. The molecular weight excluding hydrogens is 511 g/mol. The first-order chi connectivity index (χ1) is 9.92. The average molecular weight is 526 g/mol. The highest BCUT2D eigenvalue weighted by molar-refractivity contribution is 14.1. The van der Waals surface area contributed by atoms with Crippen molar-refractivity contribution < 1.29 is 9.84 Å². The number of hydrogen-bond acceptors (Lipinski definition) is 2. The van der Waals surface area contributed by atoms with Gasteiger partial charge in [-0.1, -0.05) is 36.4 Å². The largest absolute Gasteiger partial charge is 0.508 e. The van der Waals surface area contributed by atoms with Crippen LogP contribution >= 0.6 is 54.5 Å². The van der Waals surface area contributed by atoms with Crippen LogP contribution < -0.4 is 4.74 Å². The lowest BCUT2D eigenvalue weighted by molar-refractivity contribution is 0.453. The van der Waals surface area contributed by atoms with Crippen molar-refractivity contribution in [3.63, 3.8) is 0 Å². The van der Waals surface area contributed by atoms with Gasteiger partial charge in [-0.2, -0.15) is 0 Å². The molecule has 0 aliphatic heterocycles. The summed E-state index contributed by atoms with van der Waals surface area (Å²) < 4.78 is 8.72. The molecule has 0 atom stereocenters. The fourth-order valence-corrected chi connectivity index (χ4v) is 3.85. The van der Waals surface area contributed by atoms with E-state index in [1.165, 1.54) is 5.56 Å². The van der Waals surface area contributed by atoms with Gasteiger partial charge in [-0.3, -0.25) is 0 Å². The van der Waals surface area contributed by atoms with E-state index >= 15 is 0 Å². The highest BCUT2D eigenvalue weighted by Crippen LogP contribution is 2.39. The van der Waals surface area contributed by atoms with E-state index < -0.39 is 0 Å². The molecule has 2 aromatic rings. The summed E-state index contributed by atoms with van der Waals surface area (Å²) in [5, 5.41) is 9.87. The fourth-order valence-electron chi connectivity index (χ4n) is 1.96. The number of hydrogen-bond donors (Lipinski definition) is 1. The van der Waals surface area contributed by atoms with Gasteiger partial charge in [-0.15, -0.1) is 0 Å². The summed E-state index contributed by atoms with van der Waals surface area (Å²) >= 11 is 9.43. The molecule has 1 N–H and O–H groups in total. The van der Waals surface area contributed by atoms with E-state index in [2.05, 4.69) is 66.6 Å². The third-order valence-electron chi connectivity index (χ3n) is 3.05. The Balaban J connectivity index is 2.37. The fraction of sp³-hybridized carbons (Fsp3) is 0.250. The number of alkyl halides is 1. The van der Waals surface area contributed by atoms with Gasteiger partial charge < -0.3 is 9.84 Å². The molecule has 0 fully saturated rings. The first kappa shape index (κ1) is 17.1. The normalized spacial score (nSPS) is 11.0. The smallest absolute Gasteiger partial charge is 0.155 e. The van der Waals surface area contributed by atoms with Crippen LogP contribution in [0.3, 0.4) is 0 Å². The van der Waals surface area contributed by atoms with Crippen molar-refractivity contribution in [1.29, 1.82) is 0 Å². The molecule has 112 valence electrons. The van der Waals surface area contributed by atoms with E-state index in [1.54, 1.807) is 12.1 Å². The number of aromatic hydroxyl groups is 1. The maximum Gasteiger partial charge on any atom is 0.155 e. The van der Waals surface area contributed by atoms with E-state index in [0.29, 0.717) is 11.5 Å². The molecule has 2 nitrogen and oxygen atoms in total. The standard InChI is InChI=1S/C16H15Br2IO2/c1-9(2)12-7-11(3-4-15(12)20)21-16-13(17)5-10(8-19)6-14(16)18/h3-7,9,20H,8H2,1-2H3. The molecule has 5 heteroatoms. The van der Waals surface area contributed by atoms with Crippen molar-refractivity contribution in [3.8, 4) is 17.2 Å². The molecule has 0 unspecified atom stereocenters. The second-order valence-electron chi connectivity index (χ2n) is 5.00. The Morgan fingerprint density at radius 2 is 1.76 bits per heavy atom. The molecule has 0 saturated heterocycles. The predicted molar refractivity (Wildman–Crippen MR) is 102 cm³/mol. The summed E-state index contributed by atoms with van der Waals surface area (Å²) in [6, 6.07) is 9.43. The van der Waals surface area contributed by atoms with E-state index in [-0.39, 0.29) is 5.92 Å². The summed E-state index contributed by atoms with van der Waals surface area (Å²) in [5.41, 5.74) is 2.10. The van der Waals surface area contributed by atoms with E-state index in [9.17, 15) is 5.11 Å². The van der Waals surface area contributed by atoms with Gasteiger partial charge in [0, 0.05) is 9.99 Å². The number of ether oxygens (including phenoxy) is 1. The van der Waals surface area contributed by atoms with Crippen molar-refractivity contribution in [2.45, 2.75) is 24.2 Å². The van der Waals surface area contributed by atoms with Gasteiger partial charge >= 0.3 is 0 Å². The Morgan fingerprint density at radius 3 is 2.29 bits per heavy atom. The van der Waals surface area contributed by atoms with Gasteiger partial charge in [0.25, 0.3) is 0 Å². The topological polar surface area (TPSA) is 29.5 Å². The number of benzene rings is 2. The van der Waals surface area contributed by atoms with Crippen molar-refractivity contribution in [2.24, 2.45) is 0 Å². The minimum Gasteiger partial charge on any atom is -0.508 e. The molecule has 0 aromatic heterocycles. The summed E-state index contributed by atoms with van der Waals surface area (Å²) in [5.74, 6) is 1.99. The van der Waals surface area contributed by atoms with Gasteiger partial charge in [0.15, 0.2) is 5.75 Å². The van der Waals surface area contributed by atoms with Crippen LogP contribution in [0.25, 0.3) is 0 Å². The van der Waals surface area contributed by atoms with Crippen LogP contribution in [0, 0.1) is 0 Å². The Bertz CT molecular complexity index is 634. The zero-order chi connectivity index (χ0) is 15.6. The van der Waals surface area contributed by atoms with Gasteiger partial charge in [0.1, 0.15) is 11.5 Å².